The highest BCUT2D eigenvalue weighted by molar-refractivity contribution is 6.04. The molecule has 0 bridgehead atoms. The summed E-state index contributed by atoms with van der Waals surface area (Å²) >= 11 is 0. The fourth-order valence-corrected chi connectivity index (χ4v) is 3.01. The second kappa shape index (κ2) is 8.53. The SMILES string of the molecule is CC(=O)NCc1ccc(C(=O)Nc2cc(C(C)(C)C)nn2-c2ccccc2C)cc1. The number of rotatable bonds is 5. The monoisotopic (exact) mass is 404 g/mol. The molecule has 1 aromatic heterocycles. The fraction of sp³-hybridized carbons (Fsp3) is 0.292. The number of para-hydroxylation sites is 1. The van der Waals surface area contributed by atoms with E-state index in [1.807, 2.05) is 49.4 Å². The summed E-state index contributed by atoms with van der Waals surface area (Å²) in [4.78, 5) is 24.0. The van der Waals surface area contributed by atoms with Crippen LogP contribution >= 0.6 is 0 Å². The largest absolute Gasteiger partial charge is 0.352 e. The first-order valence-corrected chi connectivity index (χ1v) is 9.96. The van der Waals surface area contributed by atoms with Gasteiger partial charge in [-0.15, -0.1) is 0 Å². The van der Waals surface area contributed by atoms with Crippen LogP contribution in [0.4, 0.5) is 5.82 Å². The second-order valence-corrected chi connectivity index (χ2v) is 8.42. The van der Waals surface area contributed by atoms with Crippen LogP contribution in [0.1, 0.15) is 54.9 Å². The van der Waals surface area contributed by atoms with E-state index in [4.69, 9.17) is 5.10 Å². The van der Waals surface area contributed by atoms with Crippen molar-refractivity contribution in [2.24, 2.45) is 0 Å². The standard InChI is InChI=1S/C24H28N4O2/c1-16-8-6-7-9-20(16)28-22(14-21(27-28)24(3,4)5)26-23(30)19-12-10-18(11-13-19)15-25-17(2)29/h6-14H,15H2,1-5H3,(H,25,29)(H,26,30). The maximum Gasteiger partial charge on any atom is 0.256 e. The van der Waals surface area contributed by atoms with Crippen LogP contribution in [0.5, 0.6) is 0 Å². The molecule has 2 N–H and O–H groups in total. The van der Waals surface area contributed by atoms with E-state index < -0.39 is 0 Å². The molecule has 6 heteroatoms. The zero-order valence-electron chi connectivity index (χ0n) is 18.1. The molecule has 1 heterocycles. The molecule has 2 amide bonds. The minimum Gasteiger partial charge on any atom is -0.352 e. The molecule has 0 radical (unpaired) electrons. The third kappa shape index (κ3) is 4.95. The van der Waals surface area contributed by atoms with E-state index in [9.17, 15) is 9.59 Å². The summed E-state index contributed by atoms with van der Waals surface area (Å²) in [6.45, 7) is 10.2. The Morgan fingerprint density at radius 2 is 1.70 bits per heavy atom. The molecular weight excluding hydrogens is 376 g/mol. The summed E-state index contributed by atoms with van der Waals surface area (Å²) in [6.07, 6.45) is 0. The highest BCUT2D eigenvalue weighted by Crippen LogP contribution is 2.27. The van der Waals surface area contributed by atoms with Crippen molar-refractivity contribution in [1.29, 1.82) is 0 Å². The topological polar surface area (TPSA) is 76.0 Å². The van der Waals surface area contributed by atoms with E-state index in [1.54, 1.807) is 16.8 Å². The summed E-state index contributed by atoms with van der Waals surface area (Å²) in [5, 5.41) is 10.5. The Balaban J connectivity index is 1.88. The van der Waals surface area contributed by atoms with Gasteiger partial charge in [-0.3, -0.25) is 9.59 Å². The molecule has 0 fully saturated rings. The normalized spacial score (nSPS) is 11.2. The van der Waals surface area contributed by atoms with Crippen LogP contribution in [0.25, 0.3) is 5.69 Å². The number of amides is 2. The average Bonchev–Trinajstić information content (AvgIpc) is 3.11. The molecule has 0 aliphatic heterocycles. The molecule has 0 spiro atoms. The first kappa shape index (κ1) is 21.3. The van der Waals surface area contributed by atoms with Crippen molar-refractivity contribution >= 4 is 17.6 Å². The van der Waals surface area contributed by atoms with Gasteiger partial charge in [0.25, 0.3) is 5.91 Å². The molecule has 0 aliphatic carbocycles. The van der Waals surface area contributed by atoms with Crippen molar-refractivity contribution in [1.82, 2.24) is 15.1 Å². The Labute approximate surface area is 177 Å². The molecule has 6 nitrogen and oxygen atoms in total. The number of hydrogen-bond donors (Lipinski definition) is 2. The fourth-order valence-electron chi connectivity index (χ4n) is 3.01. The first-order valence-electron chi connectivity index (χ1n) is 9.96. The number of carbonyl (C=O) groups excluding carboxylic acids is 2. The van der Waals surface area contributed by atoms with E-state index in [2.05, 4.69) is 31.4 Å². The Kier molecular flexibility index (Phi) is 6.06. The third-order valence-electron chi connectivity index (χ3n) is 4.82. The van der Waals surface area contributed by atoms with Crippen molar-refractivity contribution < 1.29 is 9.59 Å². The number of benzene rings is 2. The van der Waals surface area contributed by atoms with Crippen molar-refractivity contribution in [2.75, 3.05) is 5.32 Å². The summed E-state index contributed by atoms with van der Waals surface area (Å²) in [5.41, 5.74) is 4.20. The van der Waals surface area contributed by atoms with Crippen LogP contribution in [0, 0.1) is 6.92 Å². The second-order valence-electron chi connectivity index (χ2n) is 8.42. The van der Waals surface area contributed by atoms with E-state index in [-0.39, 0.29) is 17.2 Å². The number of hydrogen-bond acceptors (Lipinski definition) is 3. The van der Waals surface area contributed by atoms with Crippen LogP contribution in [0.15, 0.2) is 54.6 Å². The van der Waals surface area contributed by atoms with E-state index in [1.165, 1.54) is 6.92 Å². The van der Waals surface area contributed by atoms with Gasteiger partial charge in [-0.1, -0.05) is 51.1 Å². The molecule has 3 aromatic rings. The summed E-state index contributed by atoms with van der Waals surface area (Å²) in [6, 6.07) is 17.1. The van der Waals surface area contributed by atoms with Gasteiger partial charge in [0.1, 0.15) is 5.82 Å². The summed E-state index contributed by atoms with van der Waals surface area (Å²) in [7, 11) is 0. The van der Waals surface area contributed by atoms with Gasteiger partial charge in [0.15, 0.2) is 0 Å². The van der Waals surface area contributed by atoms with Crippen LogP contribution < -0.4 is 10.6 Å². The first-order chi connectivity index (χ1) is 14.1. The lowest BCUT2D eigenvalue weighted by molar-refractivity contribution is -0.119. The highest BCUT2D eigenvalue weighted by Gasteiger charge is 2.22. The zero-order chi connectivity index (χ0) is 21.9. The van der Waals surface area contributed by atoms with Gasteiger partial charge in [-0.25, -0.2) is 4.68 Å². The quantitative estimate of drug-likeness (QED) is 0.663. The summed E-state index contributed by atoms with van der Waals surface area (Å²) < 4.78 is 1.79. The maximum absolute atomic E-state index is 12.9. The molecule has 2 aromatic carbocycles. The third-order valence-corrected chi connectivity index (χ3v) is 4.82. The summed E-state index contributed by atoms with van der Waals surface area (Å²) in [5.74, 6) is 0.328. The number of aromatic nitrogens is 2. The predicted octanol–water partition coefficient (Wildman–Crippen LogP) is 4.37. The van der Waals surface area contributed by atoms with Crippen LogP contribution in [-0.4, -0.2) is 21.6 Å². The molecule has 0 saturated heterocycles. The Morgan fingerprint density at radius 1 is 1.03 bits per heavy atom. The Bertz CT molecular complexity index is 1060. The van der Waals surface area contributed by atoms with E-state index >= 15 is 0 Å². The van der Waals surface area contributed by atoms with Crippen LogP contribution in [-0.2, 0) is 16.8 Å². The van der Waals surface area contributed by atoms with Gasteiger partial charge in [0.2, 0.25) is 5.91 Å². The van der Waals surface area contributed by atoms with Crippen molar-refractivity contribution in [3.8, 4) is 5.69 Å². The minimum atomic E-state index is -0.212. The predicted molar refractivity (Wildman–Crippen MR) is 119 cm³/mol. The van der Waals surface area contributed by atoms with Gasteiger partial charge < -0.3 is 10.6 Å². The lowest BCUT2D eigenvalue weighted by Gasteiger charge is -2.14. The van der Waals surface area contributed by atoms with Crippen molar-refractivity contribution in [2.45, 2.75) is 46.6 Å². The smallest absolute Gasteiger partial charge is 0.256 e. The average molecular weight is 405 g/mol. The molecule has 3 rings (SSSR count). The molecule has 30 heavy (non-hydrogen) atoms. The maximum atomic E-state index is 12.9. The van der Waals surface area contributed by atoms with Crippen LogP contribution in [0.2, 0.25) is 0 Å². The van der Waals surface area contributed by atoms with Crippen molar-refractivity contribution in [3.63, 3.8) is 0 Å². The molecule has 0 saturated carbocycles. The number of anilines is 1. The van der Waals surface area contributed by atoms with Gasteiger partial charge in [0, 0.05) is 30.5 Å². The van der Waals surface area contributed by atoms with Gasteiger partial charge in [-0.05, 0) is 36.2 Å². The van der Waals surface area contributed by atoms with Crippen molar-refractivity contribution in [3.05, 3.63) is 77.0 Å². The lowest BCUT2D eigenvalue weighted by atomic mass is 9.92. The number of carbonyl (C=O) groups is 2. The highest BCUT2D eigenvalue weighted by atomic mass is 16.2. The minimum absolute atomic E-state index is 0.0871. The van der Waals surface area contributed by atoms with Gasteiger partial charge in [-0.2, -0.15) is 5.10 Å². The van der Waals surface area contributed by atoms with Crippen LogP contribution in [0.3, 0.4) is 0 Å². The number of aryl methyl sites for hydroxylation is 1. The van der Waals surface area contributed by atoms with E-state index in [0.717, 1.165) is 22.5 Å². The molecule has 0 atom stereocenters. The number of nitrogens with one attached hydrogen (secondary N) is 2. The van der Waals surface area contributed by atoms with Gasteiger partial charge >= 0.3 is 0 Å². The molecule has 0 unspecified atom stereocenters. The van der Waals surface area contributed by atoms with E-state index in [0.29, 0.717) is 17.9 Å². The molecule has 0 aliphatic rings. The lowest BCUT2D eigenvalue weighted by Crippen LogP contribution is -2.19. The Morgan fingerprint density at radius 3 is 2.30 bits per heavy atom. The number of nitrogens with zero attached hydrogens (tertiary/aromatic N) is 2. The molecular formula is C24H28N4O2. The molecule has 156 valence electrons. The zero-order valence-corrected chi connectivity index (χ0v) is 18.1. The van der Waals surface area contributed by atoms with Gasteiger partial charge in [0.05, 0.1) is 11.4 Å². The Hall–Kier alpha value is -3.41.